The van der Waals surface area contributed by atoms with Crippen LogP contribution in [0.15, 0.2) is 24.3 Å². The van der Waals surface area contributed by atoms with Crippen LogP contribution in [0.5, 0.6) is 0 Å². The Balaban J connectivity index is 2.16. The van der Waals surface area contributed by atoms with Gasteiger partial charge < -0.3 is 14.7 Å². The fourth-order valence-electron chi connectivity index (χ4n) is 2.86. The number of carbonyl (C=O) groups is 4. The average molecular weight is 362 g/mol. The molecule has 1 heterocycles. The lowest BCUT2D eigenvalue weighted by Gasteiger charge is -2.29. The van der Waals surface area contributed by atoms with Crippen molar-refractivity contribution >= 4 is 23.7 Å². The van der Waals surface area contributed by atoms with Crippen LogP contribution in [-0.4, -0.2) is 71.4 Å². The second-order valence-corrected chi connectivity index (χ2v) is 5.93. The fourth-order valence-corrected chi connectivity index (χ4v) is 2.86. The van der Waals surface area contributed by atoms with E-state index in [1.54, 1.807) is 24.3 Å². The summed E-state index contributed by atoms with van der Waals surface area (Å²) in [6.45, 7) is 1.65. The molecule has 140 valence electrons. The maximum atomic E-state index is 12.8. The van der Waals surface area contributed by atoms with Gasteiger partial charge in [0, 0.05) is 19.7 Å². The van der Waals surface area contributed by atoms with Gasteiger partial charge in [0.05, 0.1) is 24.7 Å². The molecule has 1 atom stereocenters. The Morgan fingerprint density at radius 1 is 1.15 bits per heavy atom. The number of hydrogen-bond acceptors (Lipinski definition) is 6. The van der Waals surface area contributed by atoms with Crippen LogP contribution in [0.1, 0.15) is 40.5 Å². The molecule has 0 spiro atoms. The number of benzene rings is 1. The normalized spacial score (nSPS) is 14.2. The minimum atomic E-state index is -1.02. The highest BCUT2D eigenvalue weighted by Gasteiger charge is 2.41. The molecule has 0 fully saturated rings. The number of carbonyl (C=O) groups excluding carboxylic acids is 4. The SMILES string of the molecule is COC(=O)CCN(CCCO)C(=O)C(C)N1C(=O)c2ccccc2C1=O. The van der Waals surface area contributed by atoms with Crippen molar-refractivity contribution in [3.63, 3.8) is 0 Å². The molecule has 2 rings (SSSR count). The fraction of sp³-hybridized carbons (Fsp3) is 0.444. The van der Waals surface area contributed by atoms with E-state index in [9.17, 15) is 19.2 Å². The Labute approximate surface area is 151 Å². The Bertz CT molecular complexity index is 682. The van der Waals surface area contributed by atoms with Crippen molar-refractivity contribution in [1.82, 2.24) is 9.80 Å². The Morgan fingerprint density at radius 3 is 2.23 bits per heavy atom. The van der Waals surface area contributed by atoms with Gasteiger partial charge in [0.15, 0.2) is 0 Å². The molecule has 0 aliphatic carbocycles. The average Bonchev–Trinajstić information content (AvgIpc) is 2.91. The number of fused-ring (bicyclic) bond motifs is 1. The molecule has 1 aromatic carbocycles. The molecule has 0 saturated carbocycles. The summed E-state index contributed by atoms with van der Waals surface area (Å²) in [4.78, 5) is 51.5. The van der Waals surface area contributed by atoms with E-state index < -0.39 is 29.7 Å². The molecule has 1 aliphatic heterocycles. The van der Waals surface area contributed by atoms with Crippen LogP contribution >= 0.6 is 0 Å². The predicted octanol–water partition coefficient (Wildman–Crippen LogP) is 0.445. The third-order valence-electron chi connectivity index (χ3n) is 4.28. The smallest absolute Gasteiger partial charge is 0.307 e. The summed E-state index contributed by atoms with van der Waals surface area (Å²) in [5, 5.41) is 9.02. The summed E-state index contributed by atoms with van der Waals surface area (Å²) < 4.78 is 4.58. The van der Waals surface area contributed by atoms with Gasteiger partial charge in [-0.15, -0.1) is 0 Å². The number of methoxy groups -OCH3 is 1. The minimum Gasteiger partial charge on any atom is -0.469 e. The van der Waals surface area contributed by atoms with Crippen molar-refractivity contribution in [2.24, 2.45) is 0 Å². The number of esters is 1. The molecule has 0 saturated heterocycles. The van der Waals surface area contributed by atoms with Gasteiger partial charge in [-0.3, -0.25) is 24.1 Å². The van der Waals surface area contributed by atoms with Crippen LogP contribution in [0, 0.1) is 0 Å². The topological polar surface area (TPSA) is 104 Å². The van der Waals surface area contributed by atoms with Gasteiger partial charge in [0.2, 0.25) is 5.91 Å². The number of amides is 3. The van der Waals surface area contributed by atoms with Crippen molar-refractivity contribution in [3.05, 3.63) is 35.4 Å². The van der Waals surface area contributed by atoms with Crippen molar-refractivity contribution in [1.29, 1.82) is 0 Å². The van der Waals surface area contributed by atoms with Crippen molar-refractivity contribution < 1.29 is 29.0 Å². The van der Waals surface area contributed by atoms with E-state index in [-0.39, 0.29) is 37.2 Å². The quantitative estimate of drug-likeness (QED) is 0.532. The van der Waals surface area contributed by atoms with Gasteiger partial charge in [0.25, 0.3) is 11.8 Å². The zero-order valence-corrected chi connectivity index (χ0v) is 14.8. The molecular weight excluding hydrogens is 340 g/mol. The highest BCUT2D eigenvalue weighted by molar-refractivity contribution is 6.22. The monoisotopic (exact) mass is 362 g/mol. The number of aliphatic hydroxyl groups excluding tert-OH is 1. The number of ether oxygens (including phenoxy) is 1. The zero-order chi connectivity index (χ0) is 19.3. The minimum absolute atomic E-state index is 0.0114. The van der Waals surface area contributed by atoms with Crippen LogP contribution in [0.25, 0.3) is 0 Å². The lowest BCUT2D eigenvalue weighted by atomic mass is 10.1. The standard InChI is InChI=1S/C18H22N2O6/c1-12(16(23)19(9-5-11-21)10-8-15(22)26-2)20-17(24)13-6-3-4-7-14(13)18(20)25/h3-4,6-7,12,21H,5,8-11H2,1-2H3. The van der Waals surface area contributed by atoms with Crippen LogP contribution in [-0.2, 0) is 14.3 Å². The van der Waals surface area contributed by atoms with Crippen molar-refractivity contribution in [2.75, 3.05) is 26.8 Å². The van der Waals surface area contributed by atoms with Gasteiger partial charge in [-0.25, -0.2) is 0 Å². The van der Waals surface area contributed by atoms with Crippen LogP contribution in [0.4, 0.5) is 0 Å². The van der Waals surface area contributed by atoms with E-state index in [0.717, 1.165) is 4.90 Å². The Hall–Kier alpha value is -2.74. The zero-order valence-electron chi connectivity index (χ0n) is 14.8. The summed E-state index contributed by atoms with van der Waals surface area (Å²) in [6.07, 6.45) is 0.310. The van der Waals surface area contributed by atoms with Crippen LogP contribution < -0.4 is 0 Å². The van der Waals surface area contributed by atoms with E-state index in [1.807, 2.05) is 0 Å². The first-order chi connectivity index (χ1) is 12.4. The van der Waals surface area contributed by atoms with E-state index in [2.05, 4.69) is 4.74 Å². The van der Waals surface area contributed by atoms with Gasteiger partial charge in [0.1, 0.15) is 6.04 Å². The summed E-state index contributed by atoms with van der Waals surface area (Å²) in [5.74, 6) is -1.96. The largest absolute Gasteiger partial charge is 0.469 e. The molecule has 0 aromatic heterocycles. The highest BCUT2D eigenvalue weighted by Crippen LogP contribution is 2.25. The molecule has 3 amide bonds. The van der Waals surface area contributed by atoms with Gasteiger partial charge in [-0.05, 0) is 25.5 Å². The van der Waals surface area contributed by atoms with E-state index in [1.165, 1.54) is 18.9 Å². The molecule has 0 bridgehead atoms. The first-order valence-corrected chi connectivity index (χ1v) is 8.35. The lowest BCUT2D eigenvalue weighted by Crippen LogP contribution is -2.50. The molecule has 1 aliphatic rings. The lowest BCUT2D eigenvalue weighted by molar-refractivity contribution is -0.142. The first-order valence-electron chi connectivity index (χ1n) is 8.35. The van der Waals surface area contributed by atoms with Gasteiger partial charge in [-0.1, -0.05) is 12.1 Å². The van der Waals surface area contributed by atoms with E-state index in [0.29, 0.717) is 6.42 Å². The third-order valence-corrected chi connectivity index (χ3v) is 4.28. The molecular formula is C18H22N2O6. The van der Waals surface area contributed by atoms with Crippen LogP contribution in [0.2, 0.25) is 0 Å². The second-order valence-electron chi connectivity index (χ2n) is 5.93. The maximum absolute atomic E-state index is 12.8. The van der Waals surface area contributed by atoms with E-state index in [4.69, 9.17) is 5.11 Å². The summed E-state index contributed by atoms with van der Waals surface area (Å²) in [7, 11) is 1.25. The molecule has 8 heteroatoms. The van der Waals surface area contributed by atoms with Gasteiger partial charge >= 0.3 is 5.97 Å². The highest BCUT2D eigenvalue weighted by atomic mass is 16.5. The van der Waals surface area contributed by atoms with Gasteiger partial charge in [-0.2, -0.15) is 0 Å². The van der Waals surface area contributed by atoms with E-state index >= 15 is 0 Å². The van der Waals surface area contributed by atoms with Crippen molar-refractivity contribution in [2.45, 2.75) is 25.8 Å². The molecule has 1 unspecified atom stereocenters. The number of imide groups is 1. The molecule has 0 radical (unpaired) electrons. The van der Waals surface area contributed by atoms with Crippen molar-refractivity contribution in [3.8, 4) is 0 Å². The Morgan fingerprint density at radius 2 is 1.73 bits per heavy atom. The number of nitrogens with zero attached hydrogens (tertiary/aromatic N) is 2. The second kappa shape index (κ2) is 8.57. The Kier molecular flexibility index (Phi) is 6.46. The third kappa shape index (κ3) is 3.91. The maximum Gasteiger partial charge on any atom is 0.307 e. The number of rotatable bonds is 8. The number of hydrogen-bond donors (Lipinski definition) is 1. The molecule has 1 aromatic rings. The molecule has 26 heavy (non-hydrogen) atoms. The summed E-state index contributed by atoms with van der Waals surface area (Å²) in [5.41, 5.74) is 0.544. The van der Waals surface area contributed by atoms with Crippen LogP contribution in [0.3, 0.4) is 0 Å². The predicted molar refractivity (Wildman–Crippen MR) is 91.3 cm³/mol. The summed E-state index contributed by atoms with van der Waals surface area (Å²) >= 11 is 0. The molecule has 8 nitrogen and oxygen atoms in total. The summed E-state index contributed by atoms with van der Waals surface area (Å²) in [6, 6.07) is 5.40. The molecule has 1 N–H and O–H groups in total. The number of aliphatic hydroxyl groups is 1. The first kappa shape index (κ1) is 19.6.